The number of carboxylic acids is 1. The van der Waals surface area contributed by atoms with Crippen LogP contribution in [0.1, 0.15) is 37.3 Å². The third-order valence-corrected chi connectivity index (χ3v) is 2.92. The van der Waals surface area contributed by atoms with Gasteiger partial charge in [-0.3, -0.25) is 4.79 Å². The predicted molar refractivity (Wildman–Crippen MR) is 61.0 cm³/mol. The summed E-state index contributed by atoms with van der Waals surface area (Å²) in [5.74, 6) is -0.936. The van der Waals surface area contributed by atoms with Gasteiger partial charge < -0.3 is 5.11 Å². The van der Waals surface area contributed by atoms with E-state index in [-0.39, 0.29) is 11.8 Å². The molecule has 0 amide bonds. The van der Waals surface area contributed by atoms with Crippen LogP contribution in [0.15, 0.2) is 24.3 Å². The number of aryl methyl sites for hydroxylation is 1. The second kappa shape index (κ2) is 4.96. The van der Waals surface area contributed by atoms with Gasteiger partial charge in [-0.1, -0.05) is 50.1 Å². The van der Waals surface area contributed by atoms with Crippen LogP contribution in [-0.2, 0) is 4.79 Å². The Hall–Kier alpha value is -1.31. The summed E-state index contributed by atoms with van der Waals surface area (Å²) in [5, 5.41) is 9.20. The Morgan fingerprint density at radius 2 is 1.87 bits per heavy atom. The zero-order valence-corrected chi connectivity index (χ0v) is 9.53. The molecule has 0 saturated heterocycles. The molecule has 1 rings (SSSR count). The molecule has 1 N–H and O–H groups in total. The molecule has 1 aromatic carbocycles. The van der Waals surface area contributed by atoms with E-state index in [1.165, 1.54) is 0 Å². The van der Waals surface area contributed by atoms with Gasteiger partial charge in [-0.05, 0) is 18.4 Å². The zero-order valence-electron chi connectivity index (χ0n) is 9.53. The Kier molecular flexibility index (Phi) is 3.89. The lowest BCUT2D eigenvalue weighted by atomic mass is 9.85. The van der Waals surface area contributed by atoms with Crippen LogP contribution in [-0.4, -0.2) is 11.1 Å². The van der Waals surface area contributed by atoms with Crippen LogP contribution in [0.4, 0.5) is 0 Å². The summed E-state index contributed by atoms with van der Waals surface area (Å²) >= 11 is 0. The quantitative estimate of drug-likeness (QED) is 0.821. The summed E-state index contributed by atoms with van der Waals surface area (Å²) in [6.07, 6.45) is 0.880. The molecule has 0 aliphatic rings. The maximum atomic E-state index is 11.2. The Morgan fingerprint density at radius 3 is 2.27 bits per heavy atom. The topological polar surface area (TPSA) is 37.3 Å². The van der Waals surface area contributed by atoms with Gasteiger partial charge in [0.05, 0.1) is 5.92 Å². The van der Waals surface area contributed by atoms with E-state index in [2.05, 4.69) is 0 Å². The molecule has 15 heavy (non-hydrogen) atoms. The number of benzene rings is 1. The van der Waals surface area contributed by atoms with Gasteiger partial charge in [0.1, 0.15) is 0 Å². The van der Waals surface area contributed by atoms with Crippen molar-refractivity contribution < 1.29 is 9.90 Å². The van der Waals surface area contributed by atoms with Crippen molar-refractivity contribution in [2.45, 2.75) is 33.1 Å². The average Bonchev–Trinajstić information content (AvgIpc) is 2.20. The molecule has 2 atom stereocenters. The van der Waals surface area contributed by atoms with Gasteiger partial charge in [-0.25, -0.2) is 0 Å². The molecule has 2 nitrogen and oxygen atoms in total. The minimum atomic E-state index is -0.729. The first kappa shape index (κ1) is 11.8. The van der Waals surface area contributed by atoms with Crippen molar-refractivity contribution in [1.29, 1.82) is 0 Å². The summed E-state index contributed by atoms with van der Waals surface area (Å²) in [6.45, 7) is 6.01. The first-order valence-corrected chi connectivity index (χ1v) is 5.35. The zero-order chi connectivity index (χ0) is 11.4. The minimum Gasteiger partial charge on any atom is -0.481 e. The van der Waals surface area contributed by atoms with Gasteiger partial charge >= 0.3 is 5.97 Å². The molecule has 0 bridgehead atoms. The van der Waals surface area contributed by atoms with Crippen molar-refractivity contribution >= 4 is 5.97 Å². The molecule has 0 fully saturated rings. The van der Waals surface area contributed by atoms with Gasteiger partial charge in [0, 0.05) is 0 Å². The van der Waals surface area contributed by atoms with Gasteiger partial charge in [-0.15, -0.1) is 0 Å². The Balaban J connectivity index is 2.99. The summed E-state index contributed by atoms with van der Waals surface area (Å²) in [5.41, 5.74) is 2.06. The molecule has 0 saturated carbocycles. The van der Waals surface area contributed by atoms with E-state index < -0.39 is 5.97 Å². The van der Waals surface area contributed by atoms with E-state index in [1.54, 1.807) is 0 Å². The second-order valence-electron chi connectivity index (χ2n) is 4.11. The van der Waals surface area contributed by atoms with Crippen LogP contribution < -0.4 is 0 Å². The van der Waals surface area contributed by atoms with Crippen molar-refractivity contribution in [3.8, 4) is 0 Å². The highest BCUT2D eigenvalue weighted by molar-refractivity contribution is 5.76. The van der Waals surface area contributed by atoms with E-state index in [1.807, 2.05) is 45.0 Å². The standard InChI is InChI=1S/C13H18O2/c1-4-10(3)12(13(14)15)11-7-5-9(2)6-8-11/h5-8,10,12H,4H2,1-3H3,(H,14,15). The lowest BCUT2D eigenvalue weighted by Crippen LogP contribution is -2.18. The van der Waals surface area contributed by atoms with Gasteiger partial charge in [0.15, 0.2) is 0 Å². The number of hydrogen-bond donors (Lipinski definition) is 1. The number of hydrogen-bond acceptors (Lipinski definition) is 1. The largest absolute Gasteiger partial charge is 0.481 e. The lowest BCUT2D eigenvalue weighted by Gasteiger charge is -2.19. The lowest BCUT2D eigenvalue weighted by molar-refractivity contribution is -0.140. The molecule has 0 heterocycles. The Labute approximate surface area is 90.9 Å². The fourth-order valence-electron chi connectivity index (χ4n) is 1.72. The fraction of sp³-hybridized carbons (Fsp3) is 0.462. The Morgan fingerprint density at radius 1 is 1.33 bits per heavy atom. The summed E-state index contributed by atoms with van der Waals surface area (Å²) in [6, 6.07) is 7.77. The van der Waals surface area contributed by atoms with E-state index in [0.29, 0.717) is 0 Å². The average molecular weight is 206 g/mol. The highest BCUT2D eigenvalue weighted by Gasteiger charge is 2.24. The maximum absolute atomic E-state index is 11.2. The molecule has 0 radical (unpaired) electrons. The highest BCUT2D eigenvalue weighted by Crippen LogP contribution is 2.27. The summed E-state index contributed by atoms with van der Waals surface area (Å²) < 4.78 is 0. The summed E-state index contributed by atoms with van der Waals surface area (Å²) in [7, 11) is 0. The second-order valence-corrected chi connectivity index (χ2v) is 4.11. The molecular formula is C13H18O2. The predicted octanol–water partition coefficient (Wildman–Crippen LogP) is 3.21. The van der Waals surface area contributed by atoms with Gasteiger partial charge in [0.2, 0.25) is 0 Å². The van der Waals surface area contributed by atoms with Crippen molar-refractivity contribution in [3.05, 3.63) is 35.4 Å². The third-order valence-electron chi connectivity index (χ3n) is 2.92. The number of aliphatic carboxylic acids is 1. The van der Waals surface area contributed by atoms with E-state index in [4.69, 9.17) is 0 Å². The molecule has 1 aromatic rings. The van der Waals surface area contributed by atoms with Gasteiger partial charge in [-0.2, -0.15) is 0 Å². The molecule has 82 valence electrons. The number of rotatable bonds is 4. The normalized spacial score (nSPS) is 14.6. The van der Waals surface area contributed by atoms with E-state index in [0.717, 1.165) is 17.5 Å². The SMILES string of the molecule is CCC(C)C(C(=O)O)c1ccc(C)cc1. The van der Waals surface area contributed by atoms with Crippen LogP contribution in [0.25, 0.3) is 0 Å². The monoisotopic (exact) mass is 206 g/mol. The first-order valence-electron chi connectivity index (χ1n) is 5.35. The van der Waals surface area contributed by atoms with Crippen molar-refractivity contribution in [2.75, 3.05) is 0 Å². The maximum Gasteiger partial charge on any atom is 0.311 e. The Bertz CT molecular complexity index is 327. The molecule has 0 aromatic heterocycles. The van der Waals surface area contributed by atoms with E-state index >= 15 is 0 Å². The number of carboxylic acid groups (broad SMARTS) is 1. The minimum absolute atomic E-state index is 0.171. The smallest absolute Gasteiger partial charge is 0.311 e. The van der Waals surface area contributed by atoms with Crippen LogP contribution in [0.2, 0.25) is 0 Å². The molecular weight excluding hydrogens is 188 g/mol. The molecule has 2 heteroatoms. The van der Waals surface area contributed by atoms with Crippen LogP contribution in [0.3, 0.4) is 0 Å². The van der Waals surface area contributed by atoms with Crippen LogP contribution in [0, 0.1) is 12.8 Å². The van der Waals surface area contributed by atoms with Crippen molar-refractivity contribution in [2.24, 2.45) is 5.92 Å². The van der Waals surface area contributed by atoms with E-state index in [9.17, 15) is 9.90 Å². The molecule has 2 unspecified atom stereocenters. The van der Waals surface area contributed by atoms with Crippen LogP contribution >= 0.6 is 0 Å². The van der Waals surface area contributed by atoms with Crippen molar-refractivity contribution in [3.63, 3.8) is 0 Å². The molecule has 0 spiro atoms. The van der Waals surface area contributed by atoms with Crippen molar-refractivity contribution in [1.82, 2.24) is 0 Å². The summed E-state index contributed by atoms with van der Waals surface area (Å²) in [4.78, 5) is 11.2. The van der Waals surface area contributed by atoms with Crippen LogP contribution in [0.5, 0.6) is 0 Å². The molecule has 0 aliphatic heterocycles. The fourth-order valence-corrected chi connectivity index (χ4v) is 1.72. The molecule has 0 aliphatic carbocycles. The highest BCUT2D eigenvalue weighted by atomic mass is 16.4. The number of carbonyl (C=O) groups is 1. The van der Waals surface area contributed by atoms with Gasteiger partial charge in [0.25, 0.3) is 0 Å². The first-order chi connectivity index (χ1) is 7.06. The third kappa shape index (κ3) is 2.82.